The molecule has 0 saturated carbocycles. The molecule has 0 aliphatic carbocycles. The van der Waals surface area contributed by atoms with Gasteiger partial charge in [0.15, 0.2) is 30.0 Å². The van der Waals surface area contributed by atoms with Crippen LogP contribution in [0.15, 0.2) is 113 Å². The minimum absolute atomic E-state index is 0.00674. The number of hydrogen-bond acceptors (Lipinski definition) is 9. The smallest absolute Gasteiger partial charge is 0.497 e. The molecule has 0 atom stereocenters. The van der Waals surface area contributed by atoms with Crippen molar-refractivity contribution < 1.29 is 54.2 Å². The van der Waals surface area contributed by atoms with Gasteiger partial charge in [-0.05, 0) is 54.4 Å². The van der Waals surface area contributed by atoms with E-state index >= 15 is 0 Å². The zero-order valence-electron chi connectivity index (χ0n) is 27.2. The molecule has 0 unspecified atom stereocenters. The fraction of sp³-hybridized carbons (Fsp3) is 0.143. The van der Waals surface area contributed by atoms with E-state index in [1.807, 2.05) is 24.4 Å². The lowest BCUT2D eigenvalue weighted by Gasteiger charge is -2.09. The van der Waals surface area contributed by atoms with Gasteiger partial charge in [0.2, 0.25) is 0 Å². The zero-order chi connectivity index (χ0) is 37.6. The van der Waals surface area contributed by atoms with E-state index in [0.29, 0.717) is 30.0 Å². The maximum Gasteiger partial charge on any atom is 0.573 e. The van der Waals surface area contributed by atoms with Gasteiger partial charge in [-0.2, -0.15) is 5.10 Å². The molecule has 0 fully saturated rings. The van der Waals surface area contributed by atoms with Gasteiger partial charge in [0.25, 0.3) is 5.91 Å². The molecule has 12 nitrogen and oxygen atoms in total. The van der Waals surface area contributed by atoms with Crippen LogP contribution < -0.4 is 19.5 Å². The van der Waals surface area contributed by atoms with E-state index in [1.165, 1.54) is 49.1 Å². The number of ether oxygens (including phenoxy) is 3. The number of aromatic amines is 1. The molecule has 0 radical (unpaired) electrons. The summed E-state index contributed by atoms with van der Waals surface area (Å²) in [5, 5.41) is 8.04. The number of oxazole rings is 2. The molecule has 3 aromatic carbocycles. The minimum atomic E-state index is -4.85. The fourth-order valence-corrected chi connectivity index (χ4v) is 5.12. The van der Waals surface area contributed by atoms with E-state index in [0.717, 1.165) is 40.7 Å². The van der Waals surface area contributed by atoms with Gasteiger partial charge in [-0.15, -0.1) is 26.3 Å². The molecular formula is C35H26F6N6O6. The number of nitrogens with zero attached hydrogens (tertiary/aromatic N) is 4. The number of hydrogen-bond donors (Lipinski definition) is 2. The van der Waals surface area contributed by atoms with Crippen LogP contribution in [0.3, 0.4) is 0 Å². The first kappa shape index (κ1) is 36.1. The van der Waals surface area contributed by atoms with Crippen LogP contribution >= 0.6 is 0 Å². The van der Waals surface area contributed by atoms with Gasteiger partial charge in [0.05, 0.1) is 25.2 Å². The lowest BCUT2D eigenvalue weighted by molar-refractivity contribution is -0.275. The third kappa shape index (κ3) is 9.54. The van der Waals surface area contributed by atoms with E-state index in [9.17, 15) is 31.1 Å². The SMILES string of the molecule is COc1ccc2[nH]cc(CCn3cc(NC(=O)c4ncoc4-c4cccc(OC(F)(F)F)c4)cn3)c2c1.FC(F)(F)Oc1cccc(-c2cnco2)c1. The first-order valence-electron chi connectivity index (χ1n) is 15.4. The Hall–Kier alpha value is -6.72. The summed E-state index contributed by atoms with van der Waals surface area (Å²) < 4.78 is 98.5. The Morgan fingerprint density at radius 2 is 1.58 bits per heavy atom. The minimum Gasteiger partial charge on any atom is -0.497 e. The summed E-state index contributed by atoms with van der Waals surface area (Å²) in [6, 6.07) is 16.4. The summed E-state index contributed by atoms with van der Waals surface area (Å²) in [5.74, 6) is -0.178. The first-order valence-corrected chi connectivity index (χ1v) is 15.4. The van der Waals surface area contributed by atoms with Crippen molar-refractivity contribution in [3.05, 3.63) is 116 Å². The lowest BCUT2D eigenvalue weighted by Crippen LogP contribution is -2.17. The van der Waals surface area contributed by atoms with Crippen LogP contribution in [0, 0.1) is 0 Å². The molecule has 2 N–H and O–H groups in total. The number of aryl methyl sites for hydroxylation is 2. The Labute approximate surface area is 294 Å². The number of fused-ring (bicyclic) bond motifs is 1. The van der Waals surface area contributed by atoms with Gasteiger partial charge >= 0.3 is 12.7 Å². The molecule has 1 amide bonds. The van der Waals surface area contributed by atoms with Crippen molar-refractivity contribution in [3.63, 3.8) is 0 Å². The number of rotatable bonds is 10. The monoisotopic (exact) mass is 740 g/mol. The van der Waals surface area contributed by atoms with Gasteiger partial charge in [-0.25, -0.2) is 9.97 Å². The Balaban J connectivity index is 0.000000250. The number of carbonyl (C=O) groups is 1. The maximum absolute atomic E-state index is 12.8. The molecule has 0 aliphatic heterocycles. The highest BCUT2D eigenvalue weighted by molar-refractivity contribution is 6.06. The number of aromatic nitrogens is 5. The molecule has 4 heterocycles. The van der Waals surface area contributed by atoms with Gasteiger partial charge in [-0.1, -0.05) is 24.3 Å². The highest BCUT2D eigenvalue weighted by atomic mass is 19.4. The number of H-pyrrole nitrogens is 1. The largest absolute Gasteiger partial charge is 0.573 e. The molecule has 7 rings (SSSR count). The van der Waals surface area contributed by atoms with Gasteiger partial charge in [-0.3, -0.25) is 9.48 Å². The Bertz CT molecular complexity index is 2290. The number of carbonyl (C=O) groups excluding carboxylic acids is 1. The van der Waals surface area contributed by atoms with E-state index in [2.05, 4.69) is 34.8 Å². The molecule has 0 bridgehead atoms. The average molecular weight is 741 g/mol. The predicted octanol–water partition coefficient (Wildman–Crippen LogP) is 8.66. The Morgan fingerprint density at radius 3 is 2.26 bits per heavy atom. The highest BCUT2D eigenvalue weighted by Crippen LogP contribution is 2.31. The molecule has 53 heavy (non-hydrogen) atoms. The second kappa shape index (κ2) is 15.3. The second-order valence-corrected chi connectivity index (χ2v) is 11.0. The lowest BCUT2D eigenvalue weighted by atomic mass is 10.1. The number of methoxy groups -OCH3 is 1. The van der Waals surface area contributed by atoms with Crippen LogP contribution in [0.25, 0.3) is 33.6 Å². The number of amides is 1. The summed E-state index contributed by atoms with van der Waals surface area (Å²) in [7, 11) is 1.62. The molecule has 4 aromatic heterocycles. The quantitative estimate of drug-likeness (QED) is 0.132. The Morgan fingerprint density at radius 1 is 0.868 bits per heavy atom. The first-order chi connectivity index (χ1) is 25.3. The summed E-state index contributed by atoms with van der Waals surface area (Å²) in [6.45, 7) is 0.557. The highest BCUT2D eigenvalue weighted by Gasteiger charge is 2.32. The number of nitrogens with one attached hydrogen (secondary N) is 2. The van der Waals surface area contributed by atoms with Gasteiger partial charge in [0, 0.05) is 41.0 Å². The van der Waals surface area contributed by atoms with E-state index < -0.39 is 24.4 Å². The number of alkyl halides is 6. The van der Waals surface area contributed by atoms with E-state index in [-0.39, 0.29) is 22.8 Å². The molecule has 274 valence electrons. The van der Waals surface area contributed by atoms with Crippen LogP contribution in [0.1, 0.15) is 16.1 Å². The molecule has 0 saturated heterocycles. The molecule has 7 aromatic rings. The standard InChI is InChI=1S/C25H20F3N5O4.C10H6F3NO2/c1-35-18-5-6-21-20(10-18)16(11-29-21)7-8-33-13-17(12-31-33)32-24(34)22-23(36-14-30-22)15-3-2-4-19(9-15)37-25(26,27)28;11-10(12,13)16-8-3-1-2-7(4-8)9-5-14-6-15-9/h2-6,9-14,29H,7-8H2,1H3,(H,32,34);1-6H. The van der Waals surface area contributed by atoms with Crippen molar-refractivity contribution in [2.45, 2.75) is 25.7 Å². The van der Waals surface area contributed by atoms with Crippen molar-refractivity contribution in [3.8, 4) is 39.9 Å². The average Bonchev–Trinajstić information content (AvgIpc) is 3.94. The summed E-state index contributed by atoms with van der Waals surface area (Å²) in [6.07, 6.45) is -0.0935. The summed E-state index contributed by atoms with van der Waals surface area (Å²) >= 11 is 0. The third-order valence-corrected chi connectivity index (χ3v) is 7.37. The van der Waals surface area contributed by atoms with Crippen molar-refractivity contribution in [2.24, 2.45) is 0 Å². The van der Waals surface area contributed by atoms with Gasteiger partial charge < -0.3 is 33.3 Å². The van der Waals surface area contributed by atoms with Crippen LogP contribution in [0.5, 0.6) is 17.2 Å². The van der Waals surface area contributed by atoms with Crippen molar-refractivity contribution >= 4 is 22.5 Å². The van der Waals surface area contributed by atoms with Crippen LogP contribution in [0.2, 0.25) is 0 Å². The van der Waals surface area contributed by atoms with Crippen molar-refractivity contribution in [1.29, 1.82) is 0 Å². The van der Waals surface area contributed by atoms with E-state index in [4.69, 9.17) is 13.6 Å². The topological polar surface area (TPSA) is 142 Å². The number of anilines is 1. The Kier molecular flexibility index (Phi) is 10.4. The molecule has 0 spiro atoms. The van der Waals surface area contributed by atoms with E-state index in [1.54, 1.807) is 24.1 Å². The summed E-state index contributed by atoms with van der Waals surface area (Å²) in [4.78, 5) is 23.7. The van der Waals surface area contributed by atoms with Crippen LogP contribution in [0.4, 0.5) is 32.0 Å². The molecule has 0 aliphatic rings. The zero-order valence-corrected chi connectivity index (χ0v) is 27.2. The molecule has 18 heteroatoms. The normalized spacial score (nSPS) is 11.5. The maximum atomic E-state index is 12.8. The van der Waals surface area contributed by atoms with Crippen molar-refractivity contribution in [1.82, 2.24) is 24.7 Å². The summed E-state index contributed by atoms with van der Waals surface area (Å²) in [5.41, 5.74) is 3.11. The molecular weight excluding hydrogens is 714 g/mol. The van der Waals surface area contributed by atoms with Crippen molar-refractivity contribution in [2.75, 3.05) is 12.4 Å². The predicted molar refractivity (Wildman–Crippen MR) is 176 cm³/mol. The third-order valence-electron chi connectivity index (χ3n) is 7.37. The fourth-order valence-electron chi connectivity index (χ4n) is 5.12. The second-order valence-electron chi connectivity index (χ2n) is 11.0. The van der Waals surface area contributed by atoms with Crippen LogP contribution in [-0.2, 0) is 13.0 Å². The van der Waals surface area contributed by atoms with Gasteiger partial charge in [0.1, 0.15) is 17.2 Å². The van der Waals surface area contributed by atoms with Crippen LogP contribution in [-0.4, -0.2) is 50.5 Å². The number of benzene rings is 3. The number of halogens is 6.